The van der Waals surface area contributed by atoms with Crippen LogP contribution in [0.3, 0.4) is 0 Å². The maximum absolute atomic E-state index is 13.1. The molecule has 0 unspecified atom stereocenters. The lowest BCUT2D eigenvalue weighted by molar-refractivity contribution is -0.129. The molecular formula is C20H22ClF2N3O3S. The molecule has 1 heterocycles. The van der Waals surface area contributed by atoms with Gasteiger partial charge in [-0.1, -0.05) is 17.7 Å². The summed E-state index contributed by atoms with van der Waals surface area (Å²) in [5, 5.41) is 0.252. The number of halogens is 3. The van der Waals surface area contributed by atoms with E-state index in [9.17, 15) is 22.0 Å². The average Bonchev–Trinajstić information content (AvgIpc) is 2.72. The van der Waals surface area contributed by atoms with E-state index in [0.29, 0.717) is 30.5 Å². The summed E-state index contributed by atoms with van der Waals surface area (Å²) >= 11 is 5.92. The van der Waals surface area contributed by atoms with Gasteiger partial charge in [-0.3, -0.25) is 9.10 Å². The molecule has 1 fully saturated rings. The summed E-state index contributed by atoms with van der Waals surface area (Å²) in [5.41, 5.74) is 0.882. The molecule has 2 aromatic carbocycles. The second kappa shape index (κ2) is 9.18. The Morgan fingerprint density at radius 1 is 1.10 bits per heavy atom. The standard InChI is InChI=1S/C20H22ClF2N3O3S/c1-15(27)24-9-11-25(12-10-24)17-5-7-19(8-6-17)30(28,29)26(14-20(22)23)18-4-2-3-16(21)13-18/h2-8,13,20H,9-12,14H2,1H3. The summed E-state index contributed by atoms with van der Waals surface area (Å²) < 4.78 is 53.1. The second-order valence-corrected chi connectivity index (χ2v) is 9.19. The Morgan fingerprint density at radius 2 is 1.73 bits per heavy atom. The molecule has 1 saturated heterocycles. The van der Waals surface area contributed by atoms with Gasteiger partial charge >= 0.3 is 0 Å². The Kier molecular flexibility index (Phi) is 6.82. The van der Waals surface area contributed by atoms with Crippen molar-refractivity contribution in [2.24, 2.45) is 0 Å². The minimum absolute atomic E-state index is 0.0243. The number of rotatable bonds is 6. The van der Waals surface area contributed by atoms with Crippen molar-refractivity contribution in [2.75, 3.05) is 41.9 Å². The van der Waals surface area contributed by atoms with E-state index in [-0.39, 0.29) is 21.5 Å². The monoisotopic (exact) mass is 457 g/mol. The average molecular weight is 458 g/mol. The zero-order valence-corrected chi connectivity index (χ0v) is 17.9. The summed E-state index contributed by atoms with van der Waals surface area (Å²) in [7, 11) is -4.21. The molecule has 0 bridgehead atoms. The minimum atomic E-state index is -4.21. The molecule has 0 aromatic heterocycles. The van der Waals surface area contributed by atoms with Crippen LogP contribution < -0.4 is 9.21 Å². The van der Waals surface area contributed by atoms with Gasteiger partial charge in [0.25, 0.3) is 16.4 Å². The predicted molar refractivity (Wildman–Crippen MR) is 113 cm³/mol. The third-order valence-corrected chi connectivity index (χ3v) is 6.96. The number of sulfonamides is 1. The highest BCUT2D eigenvalue weighted by Crippen LogP contribution is 2.28. The molecule has 10 heteroatoms. The van der Waals surface area contributed by atoms with Crippen LogP contribution in [-0.4, -0.2) is 58.4 Å². The van der Waals surface area contributed by atoms with Crippen molar-refractivity contribution >= 4 is 38.9 Å². The van der Waals surface area contributed by atoms with Crippen LogP contribution in [0.4, 0.5) is 20.2 Å². The SMILES string of the molecule is CC(=O)N1CCN(c2ccc(S(=O)(=O)N(CC(F)F)c3cccc(Cl)c3)cc2)CC1. The van der Waals surface area contributed by atoms with E-state index in [1.165, 1.54) is 37.3 Å². The lowest BCUT2D eigenvalue weighted by atomic mass is 10.2. The van der Waals surface area contributed by atoms with E-state index in [1.54, 1.807) is 23.1 Å². The minimum Gasteiger partial charge on any atom is -0.368 e. The quantitative estimate of drug-likeness (QED) is 0.666. The molecule has 0 atom stereocenters. The first kappa shape index (κ1) is 22.3. The smallest absolute Gasteiger partial charge is 0.264 e. The molecule has 1 aliphatic heterocycles. The Hall–Kier alpha value is -2.39. The number of carbonyl (C=O) groups excluding carboxylic acids is 1. The fourth-order valence-corrected chi connectivity index (χ4v) is 4.95. The topological polar surface area (TPSA) is 60.9 Å². The van der Waals surface area contributed by atoms with Crippen molar-refractivity contribution in [1.82, 2.24) is 4.90 Å². The Balaban J connectivity index is 1.83. The molecule has 3 rings (SSSR count). The molecule has 2 aromatic rings. The van der Waals surface area contributed by atoms with E-state index in [4.69, 9.17) is 11.6 Å². The van der Waals surface area contributed by atoms with Crippen LogP contribution in [0.15, 0.2) is 53.4 Å². The zero-order valence-electron chi connectivity index (χ0n) is 16.3. The first-order chi connectivity index (χ1) is 14.2. The number of alkyl halides is 2. The number of nitrogens with zero attached hydrogens (tertiary/aromatic N) is 3. The number of anilines is 2. The molecule has 0 spiro atoms. The molecule has 162 valence electrons. The molecule has 1 amide bonds. The van der Waals surface area contributed by atoms with Crippen molar-refractivity contribution in [3.8, 4) is 0 Å². The molecule has 30 heavy (non-hydrogen) atoms. The number of piperazine rings is 1. The van der Waals surface area contributed by atoms with Gasteiger partial charge < -0.3 is 9.80 Å². The van der Waals surface area contributed by atoms with E-state index < -0.39 is 23.0 Å². The van der Waals surface area contributed by atoms with Crippen molar-refractivity contribution in [3.63, 3.8) is 0 Å². The van der Waals surface area contributed by atoms with E-state index in [1.807, 2.05) is 4.90 Å². The highest BCUT2D eigenvalue weighted by atomic mass is 35.5. The van der Waals surface area contributed by atoms with Gasteiger partial charge in [-0.15, -0.1) is 0 Å². The fraction of sp³-hybridized carbons (Fsp3) is 0.350. The molecule has 1 aliphatic rings. The molecule has 0 saturated carbocycles. The Bertz CT molecular complexity index is 995. The number of hydrogen-bond acceptors (Lipinski definition) is 4. The van der Waals surface area contributed by atoms with Gasteiger partial charge in [-0.25, -0.2) is 17.2 Å². The summed E-state index contributed by atoms with van der Waals surface area (Å²) in [6, 6.07) is 11.9. The normalized spacial score (nSPS) is 14.8. The van der Waals surface area contributed by atoms with Crippen LogP contribution in [0.2, 0.25) is 5.02 Å². The number of amides is 1. The summed E-state index contributed by atoms with van der Waals surface area (Å²) in [5.74, 6) is 0.0243. The van der Waals surface area contributed by atoms with Gasteiger partial charge in [0.1, 0.15) is 0 Å². The van der Waals surface area contributed by atoms with E-state index >= 15 is 0 Å². The second-order valence-electron chi connectivity index (χ2n) is 6.89. The van der Waals surface area contributed by atoms with Gasteiger partial charge in [0.15, 0.2) is 0 Å². The lowest BCUT2D eigenvalue weighted by Gasteiger charge is -2.35. The lowest BCUT2D eigenvalue weighted by Crippen LogP contribution is -2.48. The number of hydrogen-bond donors (Lipinski definition) is 0. The van der Waals surface area contributed by atoms with Gasteiger partial charge in [0, 0.05) is 43.8 Å². The van der Waals surface area contributed by atoms with Crippen molar-refractivity contribution in [3.05, 3.63) is 53.6 Å². The van der Waals surface area contributed by atoms with Crippen LogP contribution in [0.1, 0.15) is 6.92 Å². The van der Waals surface area contributed by atoms with Crippen LogP contribution in [0, 0.1) is 0 Å². The van der Waals surface area contributed by atoms with E-state index in [0.717, 1.165) is 5.69 Å². The van der Waals surface area contributed by atoms with Gasteiger partial charge in [-0.05, 0) is 42.5 Å². The summed E-state index contributed by atoms with van der Waals surface area (Å²) in [6.07, 6.45) is -2.85. The predicted octanol–water partition coefficient (Wildman–Crippen LogP) is 3.47. The number of benzene rings is 2. The van der Waals surface area contributed by atoms with Crippen molar-refractivity contribution < 1.29 is 22.0 Å². The highest BCUT2D eigenvalue weighted by Gasteiger charge is 2.28. The fourth-order valence-electron chi connectivity index (χ4n) is 3.33. The highest BCUT2D eigenvalue weighted by molar-refractivity contribution is 7.92. The molecule has 0 N–H and O–H groups in total. The van der Waals surface area contributed by atoms with Crippen LogP contribution >= 0.6 is 11.6 Å². The first-order valence-corrected chi connectivity index (χ1v) is 11.2. The molecule has 6 nitrogen and oxygen atoms in total. The van der Waals surface area contributed by atoms with Crippen molar-refractivity contribution in [1.29, 1.82) is 0 Å². The third-order valence-electron chi connectivity index (χ3n) is 4.91. The first-order valence-electron chi connectivity index (χ1n) is 9.35. The van der Waals surface area contributed by atoms with Gasteiger partial charge in [-0.2, -0.15) is 0 Å². The molecular weight excluding hydrogens is 436 g/mol. The van der Waals surface area contributed by atoms with Gasteiger partial charge in [0.2, 0.25) is 5.91 Å². The maximum atomic E-state index is 13.1. The Labute approximate surface area is 179 Å². The summed E-state index contributed by atoms with van der Waals surface area (Å²) in [6.45, 7) is 2.99. The van der Waals surface area contributed by atoms with Crippen LogP contribution in [-0.2, 0) is 14.8 Å². The Morgan fingerprint density at radius 3 is 2.27 bits per heavy atom. The van der Waals surface area contributed by atoms with Gasteiger partial charge in [0.05, 0.1) is 17.1 Å². The molecule has 0 radical (unpaired) electrons. The van der Waals surface area contributed by atoms with Crippen LogP contribution in [0.25, 0.3) is 0 Å². The van der Waals surface area contributed by atoms with E-state index in [2.05, 4.69) is 0 Å². The zero-order chi connectivity index (χ0) is 21.9. The van der Waals surface area contributed by atoms with Crippen LogP contribution in [0.5, 0.6) is 0 Å². The number of carbonyl (C=O) groups is 1. The maximum Gasteiger partial charge on any atom is 0.264 e. The third kappa shape index (κ3) is 5.02. The largest absolute Gasteiger partial charge is 0.368 e. The van der Waals surface area contributed by atoms with Crippen molar-refractivity contribution in [2.45, 2.75) is 18.2 Å². The summed E-state index contributed by atoms with van der Waals surface area (Å²) in [4.78, 5) is 15.2. The molecule has 0 aliphatic carbocycles.